The highest BCUT2D eigenvalue weighted by atomic mass is 16.3. The minimum absolute atomic E-state index is 0.120. The number of pyridine rings is 1. The van der Waals surface area contributed by atoms with E-state index in [0.717, 1.165) is 61.4 Å². The highest BCUT2D eigenvalue weighted by molar-refractivity contribution is 5.97. The number of para-hydroxylation sites is 1. The van der Waals surface area contributed by atoms with Crippen molar-refractivity contribution in [3.8, 4) is 67.5 Å². The zero-order chi connectivity index (χ0) is 40.2. The molecule has 0 saturated heterocycles. The Morgan fingerprint density at radius 2 is 1.21 bits per heavy atom. The Bertz CT molecular complexity index is 2780. The standard InChI is InChI=1S/C53H51N3O/c1-33-18-20-37(21-19-33)39-24-25-54-46(32-39)41-28-40(29-42(30-41)52(4,5)6)43-16-13-17-48-49(43)55-51(44-27-34(2)26-35(3)50(44)57)56(48)47-23-22-38(31-45(47)53(7,8)9)36-14-11-10-12-15-36/h10-32,57H,1-9H3. The molecule has 0 aliphatic carbocycles. The molecule has 0 aliphatic rings. The zero-order valence-corrected chi connectivity index (χ0v) is 34.6. The van der Waals surface area contributed by atoms with Gasteiger partial charge in [-0.25, -0.2) is 4.98 Å². The fourth-order valence-corrected chi connectivity index (χ4v) is 7.91. The van der Waals surface area contributed by atoms with Gasteiger partial charge in [0.1, 0.15) is 11.6 Å². The van der Waals surface area contributed by atoms with Gasteiger partial charge in [-0.1, -0.05) is 132 Å². The van der Waals surface area contributed by atoms with Crippen molar-refractivity contribution in [2.24, 2.45) is 0 Å². The molecule has 4 nitrogen and oxygen atoms in total. The first kappa shape index (κ1) is 37.7. The van der Waals surface area contributed by atoms with Crippen molar-refractivity contribution >= 4 is 11.0 Å². The Hall–Kier alpha value is -6.26. The molecule has 8 aromatic rings. The monoisotopic (exact) mass is 745 g/mol. The number of aryl methyl sites for hydroxylation is 3. The molecule has 0 radical (unpaired) electrons. The second-order valence-corrected chi connectivity index (χ2v) is 17.6. The number of phenols is 1. The van der Waals surface area contributed by atoms with Crippen LogP contribution in [0.15, 0.2) is 140 Å². The van der Waals surface area contributed by atoms with Crippen LogP contribution in [0.3, 0.4) is 0 Å². The molecule has 0 aliphatic heterocycles. The lowest BCUT2D eigenvalue weighted by Crippen LogP contribution is -2.16. The summed E-state index contributed by atoms with van der Waals surface area (Å²) in [7, 11) is 0. The molecule has 0 saturated carbocycles. The summed E-state index contributed by atoms with van der Waals surface area (Å²) in [6.07, 6.45) is 1.91. The van der Waals surface area contributed by atoms with E-state index in [9.17, 15) is 5.11 Å². The lowest BCUT2D eigenvalue weighted by Gasteiger charge is -2.26. The van der Waals surface area contributed by atoms with Gasteiger partial charge in [0, 0.05) is 17.3 Å². The van der Waals surface area contributed by atoms with E-state index in [2.05, 4.69) is 187 Å². The Labute approximate surface area is 337 Å². The van der Waals surface area contributed by atoms with Gasteiger partial charge in [0.25, 0.3) is 0 Å². The van der Waals surface area contributed by atoms with Crippen molar-refractivity contribution in [1.29, 1.82) is 0 Å². The van der Waals surface area contributed by atoms with E-state index in [-0.39, 0.29) is 16.6 Å². The van der Waals surface area contributed by atoms with Crippen LogP contribution < -0.4 is 0 Å². The number of benzene rings is 6. The molecule has 6 aromatic carbocycles. The number of fused-ring (bicyclic) bond motifs is 1. The number of hydrogen-bond acceptors (Lipinski definition) is 3. The van der Waals surface area contributed by atoms with Crippen LogP contribution in [0, 0.1) is 20.8 Å². The van der Waals surface area contributed by atoms with Crippen LogP contribution in [0.1, 0.15) is 69.4 Å². The quantitative estimate of drug-likeness (QED) is 0.184. The Morgan fingerprint density at radius 1 is 0.526 bits per heavy atom. The van der Waals surface area contributed by atoms with Crippen molar-refractivity contribution in [1.82, 2.24) is 14.5 Å². The van der Waals surface area contributed by atoms with Crippen molar-refractivity contribution in [3.63, 3.8) is 0 Å². The molecule has 2 heterocycles. The van der Waals surface area contributed by atoms with Crippen molar-refractivity contribution in [2.75, 3.05) is 0 Å². The van der Waals surface area contributed by atoms with Gasteiger partial charge in [-0.2, -0.15) is 0 Å². The molecule has 284 valence electrons. The maximum absolute atomic E-state index is 11.7. The summed E-state index contributed by atoms with van der Waals surface area (Å²) in [6, 6.07) is 47.6. The maximum atomic E-state index is 11.7. The second kappa shape index (κ2) is 14.4. The first-order chi connectivity index (χ1) is 27.2. The third kappa shape index (κ3) is 7.29. The van der Waals surface area contributed by atoms with Crippen LogP contribution in [0.2, 0.25) is 0 Å². The van der Waals surface area contributed by atoms with Gasteiger partial charge in [0.05, 0.1) is 28.0 Å². The lowest BCUT2D eigenvalue weighted by atomic mass is 9.83. The Morgan fingerprint density at radius 3 is 1.93 bits per heavy atom. The predicted octanol–water partition coefficient (Wildman–Crippen LogP) is 14.0. The van der Waals surface area contributed by atoms with Gasteiger partial charge < -0.3 is 5.11 Å². The lowest BCUT2D eigenvalue weighted by molar-refractivity contribution is 0.472. The van der Waals surface area contributed by atoms with E-state index < -0.39 is 0 Å². The molecule has 4 heteroatoms. The third-order valence-corrected chi connectivity index (χ3v) is 11.1. The van der Waals surface area contributed by atoms with Crippen LogP contribution in [0.25, 0.3) is 72.7 Å². The summed E-state index contributed by atoms with van der Waals surface area (Å²) >= 11 is 0. The van der Waals surface area contributed by atoms with E-state index >= 15 is 0 Å². The summed E-state index contributed by atoms with van der Waals surface area (Å²) in [5.41, 5.74) is 17.5. The van der Waals surface area contributed by atoms with E-state index in [1.165, 1.54) is 27.8 Å². The minimum Gasteiger partial charge on any atom is -0.507 e. The van der Waals surface area contributed by atoms with Crippen LogP contribution in [0.5, 0.6) is 5.75 Å². The van der Waals surface area contributed by atoms with Gasteiger partial charge in [0.2, 0.25) is 0 Å². The summed E-state index contributed by atoms with van der Waals surface area (Å²) < 4.78 is 2.27. The molecule has 0 fully saturated rings. The van der Waals surface area contributed by atoms with Crippen LogP contribution in [0.4, 0.5) is 0 Å². The minimum atomic E-state index is -0.202. The number of imidazole rings is 1. The molecule has 0 atom stereocenters. The fourth-order valence-electron chi connectivity index (χ4n) is 7.91. The number of aromatic hydroxyl groups is 1. The average molecular weight is 746 g/mol. The van der Waals surface area contributed by atoms with Gasteiger partial charge in [-0.15, -0.1) is 0 Å². The predicted molar refractivity (Wildman–Crippen MR) is 239 cm³/mol. The highest BCUT2D eigenvalue weighted by Gasteiger charge is 2.27. The second-order valence-electron chi connectivity index (χ2n) is 17.6. The van der Waals surface area contributed by atoms with E-state index in [1.54, 1.807) is 0 Å². The largest absolute Gasteiger partial charge is 0.507 e. The first-order valence-electron chi connectivity index (χ1n) is 19.9. The third-order valence-electron chi connectivity index (χ3n) is 11.1. The summed E-state index contributed by atoms with van der Waals surface area (Å²) in [5.74, 6) is 0.952. The maximum Gasteiger partial charge on any atom is 0.149 e. The van der Waals surface area contributed by atoms with Gasteiger partial charge >= 0.3 is 0 Å². The topological polar surface area (TPSA) is 50.9 Å². The molecular weight excluding hydrogens is 695 g/mol. The number of phenolic OH excluding ortho intramolecular Hbond substituents is 1. The summed E-state index contributed by atoms with van der Waals surface area (Å²) in [5, 5.41) is 11.7. The highest BCUT2D eigenvalue weighted by Crippen LogP contribution is 2.43. The van der Waals surface area contributed by atoms with Gasteiger partial charge in [-0.3, -0.25) is 9.55 Å². The molecule has 0 unspecified atom stereocenters. The molecular formula is C53H51N3O. The van der Waals surface area contributed by atoms with E-state index in [1.807, 2.05) is 19.2 Å². The Kier molecular flexibility index (Phi) is 9.48. The zero-order valence-electron chi connectivity index (χ0n) is 34.6. The van der Waals surface area contributed by atoms with Gasteiger partial charge in [-0.05, 0) is 130 Å². The van der Waals surface area contributed by atoms with Crippen molar-refractivity contribution in [3.05, 3.63) is 167 Å². The fraction of sp³-hybridized carbons (Fsp3) is 0.208. The Balaban J connectivity index is 1.39. The van der Waals surface area contributed by atoms with E-state index in [0.29, 0.717) is 11.4 Å². The molecule has 1 N–H and O–H groups in total. The molecule has 8 rings (SSSR count). The molecule has 0 spiro atoms. The average Bonchev–Trinajstić information content (AvgIpc) is 3.58. The SMILES string of the molecule is Cc1ccc(-c2ccnc(-c3cc(-c4cccc5c4nc(-c4cc(C)cc(C)c4O)n5-c4ccc(-c5ccccc5)cc4C(C)(C)C)cc(C(C)(C)C)c3)c2)cc1. The number of nitrogens with zero attached hydrogens (tertiary/aromatic N) is 3. The molecule has 2 aromatic heterocycles. The molecule has 0 amide bonds. The molecule has 57 heavy (non-hydrogen) atoms. The van der Waals surface area contributed by atoms with Crippen LogP contribution in [-0.2, 0) is 10.8 Å². The number of rotatable bonds is 6. The van der Waals surface area contributed by atoms with Crippen LogP contribution >= 0.6 is 0 Å². The number of hydrogen-bond donors (Lipinski definition) is 1. The van der Waals surface area contributed by atoms with E-state index in [4.69, 9.17) is 9.97 Å². The summed E-state index contributed by atoms with van der Waals surface area (Å²) in [4.78, 5) is 10.4. The number of aromatic nitrogens is 3. The van der Waals surface area contributed by atoms with Gasteiger partial charge in [0.15, 0.2) is 0 Å². The smallest absolute Gasteiger partial charge is 0.149 e. The summed E-state index contributed by atoms with van der Waals surface area (Å²) in [6.45, 7) is 19.7. The van der Waals surface area contributed by atoms with Crippen molar-refractivity contribution in [2.45, 2.75) is 73.1 Å². The molecule has 0 bridgehead atoms. The normalized spacial score (nSPS) is 12.0. The van der Waals surface area contributed by atoms with Crippen molar-refractivity contribution < 1.29 is 5.11 Å². The first-order valence-corrected chi connectivity index (χ1v) is 19.9. The van der Waals surface area contributed by atoms with Crippen LogP contribution in [-0.4, -0.2) is 19.6 Å².